The highest BCUT2D eigenvalue weighted by molar-refractivity contribution is 8.00. The largest absolute Gasteiger partial charge is 0.480 e. The Kier molecular flexibility index (Phi) is 5.56. The highest BCUT2D eigenvalue weighted by Gasteiger charge is 2.28. The predicted molar refractivity (Wildman–Crippen MR) is 76.2 cm³/mol. The molecule has 0 aliphatic carbocycles. The van der Waals surface area contributed by atoms with Gasteiger partial charge in [-0.1, -0.05) is 0 Å². The van der Waals surface area contributed by atoms with Crippen molar-refractivity contribution in [3.05, 3.63) is 30.1 Å². The minimum atomic E-state index is -1.04. The lowest BCUT2D eigenvalue weighted by atomic mass is 10.1. The van der Waals surface area contributed by atoms with Gasteiger partial charge in [0.2, 0.25) is 5.91 Å². The fraction of sp³-hybridized carbons (Fsp3) is 0.429. The Morgan fingerprint density at radius 1 is 1.25 bits per heavy atom. The molecule has 1 N–H and O–H groups in total. The SMILES string of the molecule is CC(C)(C)N(CC(=O)O)C(=O)CSc1ccc(F)cc1. The van der Waals surface area contributed by atoms with E-state index in [0.717, 1.165) is 4.90 Å². The molecule has 0 aliphatic heterocycles. The van der Waals surface area contributed by atoms with Crippen LogP contribution in [0, 0.1) is 5.82 Å². The Hall–Kier alpha value is -1.56. The number of carboxylic acids is 1. The van der Waals surface area contributed by atoms with Crippen molar-refractivity contribution in [1.29, 1.82) is 0 Å². The van der Waals surface area contributed by atoms with Crippen molar-refractivity contribution in [3.63, 3.8) is 0 Å². The fourth-order valence-corrected chi connectivity index (χ4v) is 2.36. The quantitative estimate of drug-likeness (QED) is 0.849. The molecular weight excluding hydrogens is 281 g/mol. The Balaban J connectivity index is 2.67. The van der Waals surface area contributed by atoms with Gasteiger partial charge in [0.15, 0.2) is 0 Å². The predicted octanol–water partition coefficient (Wildman–Crippen LogP) is 2.63. The van der Waals surface area contributed by atoms with E-state index in [1.54, 1.807) is 32.9 Å². The van der Waals surface area contributed by atoms with Crippen LogP contribution < -0.4 is 0 Å². The molecule has 0 unspecified atom stereocenters. The highest BCUT2D eigenvalue weighted by Crippen LogP contribution is 2.21. The van der Waals surface area contributed by atoms with Gasteiger partial charge < -0.3 is 10.0 Å². The van der Waals surface area contributed by atoms with Gasteiger partial charge in [0.1, 0.15) is 12.4 Å². The summed E-state index contributed by atoms with van der Waals surface area (Å²) < 4.78 is 12.8. The van der Waals surface area contributed by atoms with Gasteiger partial charge >= 0.3 is 5.97 Å². The molecule has 0 aliphatic rings. The molecule has 20 heavy (non-hydrogen) atoms. The number of halogens is 1. The second-order valence-corrected chi connectivity index (χ2v) is 6.34. The van der Waals surface area contributed by atoms with Crippen LogP contribution in [0.2, 0.25) is 0 Å². The lowest BCUT2D eigenvalue weighted by molar-refractivity contribution is -0.146. The number of carbonyl (C=O) groups excluding carboxylic acids is 1. The molecule has 0 fully saturated rings. The first-order chi connectivity index (χ1) is 9.20. The van der Waals surface area contributed by atoms with Gasteiger partial charge in [-0.15, -0.1) is 11.8 Å². The molecule has 0 bridgehead atoms. The minimum absolute atomic E-state index is 0.121. The molecule has 0 atom stereocenters. The van der Waals surface area contributed by atoms with E-state index in [-0.39, 0.29) is 24.0 Å². The molecular formula is C14H18FNO3S. The number of benzene rings is 1. The number of hydrogen-bond donors (Lipinski definition) is 1. The van der Waals surface area contributed by atoms with E-state index >= 15 is 0 Å². The number of thioether (sulfide) groups is 1. The van der Waals surface area contributed by atoms with E-state index in [1.165, 1.54) is 28.8 Å². The van der Waals surface area contributed by atoms with E-state index in [4.69, 9.17) is 5.11 Å². The first-order valence-corrected chi connectivity index (χ1v) is 7.09. The number of carbonyl (C=O) groups is 2. The zero-order valence-electron chi connectivity index (χ0n) is 11.7. The fourth-order valence-electron chi connectivity index (χ4n) is 1.59. The van der Waals surface area contributed by atoms with Gasteiger partial charge in [-0.3, -0.25) is 9.59 Å². The standard InChI is InChI=1S/C14H18FNO3S/c1-14(2,3)16(8-13(18)19)12(17)9-20-11-6-4-10(15)5-7-11/h4-7H,8-9H2,1-3H3,(H,18,19). The molecule has 0 aromatic heterocycles. The lowest BCUT2D eigenvalue weighted by Crippen LogP contribution is -2.49. The molecule has 0 saturated heterocycles. The van der Waals surface area contributed by atoms with Crippen molar-refractivity contribution in [3.8, 4) is 0 Å². The van der Waals surface area contributed by atoms with Gasteiger partial charge in [-0.25, -0.2) is 4.39 Å². The summed E-state index contributed by atoms with van der Waals surface area (Å²) in [5, 5.41) is 8.87. The van der Waals surface area contributed by atoms with E-state index in [2.05, 4.69) is 0 Å². The van der Waals surface area contributed by atoms with Crippen molar-refractivity contribution in [1.82, 2.24) is 4.90 Å². The van der Waals surface area contributed by atoms with Gasteiger partial charge in [0.05, 0.1) is 5.75 Å². The number of nitrogens with zero attached hydrogens (tertiary/aromatic N) is 1. The van der Waals surface area contributed by atoms with Crippen molar-refractivity contribution in [2.75, 3.05) is 12.3 Å². The molecule has 6 heteroatoms. The Morgan fingerprint density at radius 2 is 1.80 bits per heavy atom. The van der Waals surface area contributed by atoms with Crippen LogP contribution in [0.4, 0.5) is 4.39 Å². The number of rotatable bonds is 5. The van der Waals surface area contributed by atoms with Crippen molar-refractivity contribution in [2.45, 2.75) is 31.2 Å². The number of amides is 1. The molecule has 1 aromatic rings. The molecule has 0 heterocycles. The molecule has 1 amide bonds. The van der Waals surface area contributed by atoms with Crippen LogP contribution in [0.3, 0.4) is 0 Å². The van der Waals surface area contributed by atoms with E-state index < -0.39 is 11.5 Å². The zero-order valence-corrected chi connectivity index (χ0v) is 12.5. The van der Waals surface area contributed by atoms with Crippen LogP contribution in [0.25, 0.3) is 0 Å². The maximum Gasteiger partial charge on any atom is 0.323 e. The van der Waals surface area contributed by atoms with E-state index in [9.17, 15) is 14.0 Å². The van der Waals surface area contributed by atoms with Crippen LogP contribution >= 0.6 is 11.8 Å². The summed E-state index contributed by atoms with van der Waals surface area (Å²) in [6.45, 7) is 5.04. The first kappa shape index (κ1) is 16.5. The Labute approximate surface area is 122 Å². The van der Waals surface area contributed by atoms with Crippen molar-refractivity contribution < 1.29 is 19.1 Å². The molecule has 0 spiro atoms. The highest BCUT2D eigenvalue weighted by atomic mass is 32.2. The number of aliphatic carboxylic acids is 1. The maximum absolute atomic E-state index is 12.8. The summed E-state index contributed by atoms with van der Waals surface area (Å²) in [4.78, 5) is 25.1. The smallest absolute Gasteiger partial charge is 0.323 e. The van der Waals surface area contributed by atoms with Crippen LogP contribution in [-0.4, -0.2) is 39.7 Å². The third-order valence-corrected chi connectivity index (χ3v) is 3.58. The minimum Gasteiger partial charge on any atom is -0.480 e. The van der Waals surface area contributed by atoms with E-state index in [1.807, 2.05) is 0 Å². The van der Waals surface area contributed by atoms with Crippen LogP contribution in [0.15, 0.2) is 29.2 Å². The van der Waals surface area contributed by atoms with Gasteiger partial charge in [0.25, 0.3) is 0 Å². The normalized spacial score (nSPS) is 11.2. The van der Waals surface area contributed by atoms with Crippen molar-refractivity contribution in [2.24, 2.45) is 0 Å². The molecule has 1 aromatic carbocycles. The van der Waals surface area contributed by atoms with Crippen LogP contribution in [-0.2, 0) is 9.59 Å². The Morgan fingerprint density at radius 3 is 2.25 bits per heavy atom. The second kappa shape index (κ2) is 6.74. The second-order valence-electron chi connectivity index (χ2n) is 5.29. The monoisotopic (exact) mass is 299 g/mol. The third-order valence-electron chi connectivity index (χ3n) is 2.58. The summed E-state index contributed by atoms with van der Waals surface area (Å²) in [7, 11) is 0. The zero-order chi connectivity index (χ0) is 15.3. The summed E-state index contributed by atoms with van der Waals surface area (Å²) >= 11 is 1.26. The van der Waals surface area contributed by atoms with Gasteiger partial charge in [-0.2, -0.15) is 0 Å². The van der Waals surface area contributed by atoms with Gasteiger partial charge in [-0.05, 0) is 45.0 Å². The lowest BCUT2D eigenvalue weighted by Gasteiger charge is -2.34. The molecule has 0 saturated carbocycles. The summed E-state index contributed by atoms with van der Waals surface area (Å²) in [5.41, 5.74) is -0.557. The van der Waals surface area contributed by atoms with Gasteiger partial charge in [0, 0.05) is 10.4 Å². The number of hydrogen-bond acceptors (Lipinski definition) is 3. The first-order valence-electron chi connectivity index (χ1n) is 6.11. The maximum atomic E-state index is 12.8. The summed E-state index contributed by atoms with van der Waals surface area (Å²) in [6.07, 6.45) is 0. The summed E-state index contributed by atoms with van der Waals surface area (Å²) in [5.74, 6) is -1.51. The average Bonchev–Trinajstić information content (AvgIpc) is 2.33. The molecule has 4 nitrogen and oxygen atoms in total. The Bertz CT molecular complexity index is 482. The molecule has 0 radical (unpaired) electrons. The summed E-state index contributed by atoms with van der Waals surface area (Å²) in [6, 6.07) is 5.83. The van der Waals surface area contributed by atoms with Crippen molar-refractivity contribution >= 4 is 23.6 Å². The average molecular weight is 299 g/mol. The van der Waals surface area contributed by atoms with E-state index in [0.29, 0.717) is 0 Å². The topological polar surface area (TPSA) is 57.6 Å². The van der Waals surface area contributed by atoms with Crippen LogP contribution in [0.1, 0.15) is 20.8 Å². The molecule has 1 rings (SSSR count). The third kappa shape index (κ3) is 5.21. The molecule has 110 valence electrons. The van der Waals surface area contributed by atoms with Crippen LogP contribution in [0.5, 0.6) is 0 Å². The number of carboxylic acid groups (broad SMARTS) is 1.